The molecule has 1 heterocycles. The molecule has 4 heteroatoms. The lowest BCUT2D eigenvalue weighted by atomic mass is 9.88. The van der Waals surface area contributed by atoms with E-state index in [9.17, 15) is 0 Å². The van der Waals surface area contributed by atoms with E-state index in [0.717, 1.165) is 18.1 Å². The second-order valence-electron chi connectivity index (χ2n) is 4.74. The molecule has 0 atom stereocenters. The zero-order valence-corrected chi connectivity index (χ0v) is 11.2. The van der Waals surface area contributed by atoms with Crippen LogP contribution in [0.25, 0.3) is 0 Å². The smallest absolute Gasteiger partial charge is 0.149 e. The monoisotopic (exact) mass is 251 g/mol. The summed E-state index contributed by atoms with van der Waals surface area (Å²) in [5, 5.41) is 3.42. The highest BCUT2D eigenvalue weighted by atomic mass is 32.2. The van der Waals surface area contributed by atoms with Gasteiger partial charge in [-0.1, -0.05) is 19.3 Å². The van der Waals surface area contributed by atoms with E-state index in [0.29, 0.717) is 4.75 Å². The Bertz CT molecular complexity index is 361. The van der Waals surface area contributed by atoms with E-state index in [1.165, 1.54) is 32.1 Å². The van der Waals surface area contributed by atoms with Crippen LogP contribution in [0, 0.1) is 0 Å². The van der Waals surface area contributed by atoms with Gasteiger partial charge in [-0.2, -0.15) is 11.8 Å². The summed E-state index contributed by atoms with van der Waals surface area (Å²) < 4.78 is 0.377. The third-order valence-electron chi connectivity index (χ3n) is 3.61. The summed E-state index contributed by atoms with van der Waals surface area (Å²) in [5.74, 6) is 0.825. The minimum Gasteiger partial charge on any atom is -0.396 e. The topological polar surface area (TPSA) is 50.9 Å². The van der Waals surface area contributed by atoms with E-state index < -0.39 is 0 Å². The summed E-state index contributed by atoms with van der Waals surface area (Å²) in [6, 6.07) is 3.76. The van der Waals surface area contributed by atoms with E-state index in [2.05, 4.69) is 16.6 Å². The molecular weight excluding hydrogens is 230 g/mol. The predicted molar refractivity (Wildman–Crippen MR) is 76.5 cm³/mol. The van der Waals surface area contributed by atoms with Gasteiger partial charge in [-0.3, -0.25) is 0 Å². The normalized spacial score (nSPS) is 18.9. The van der Waals surface area contributed by atoms with Crippen molar-refractivity contribution < 1.29 is 0 Å². The molecule has 0 spiro atoms. The van der Waals surface area contributed by atoms with E-state index in [-0.39, 0.29) is 0 Å². The molecule has 3 nitrogen and oxygen atoms in total. The number of nitrogens with two attached hydrogens (primary N) is 1. The Morgan fingerprint density at radius 3 is 2.82 bits per heavy atom. The lowest BCUT2D eigenvalue weighted by molar-refractivity contribution is 0.411. The minimum atomic E-state index is 0.377. The Balaban J connectivity index is 1.98. The van der Waals surface area contributed by atoms with Crippen LogP contribution in [0.15, 0.2) is 18.3 Å². The highest BCUT2D eigenvalue weighted by Gasteiger charge is 2.30. The molecule has 0 bridgehead atoms. The van der Waals surface area contributed by atoms with Crippen molar-refractivity contribution >= 4 is 23.3 Å². The van der Waals surface area contributed by atoms with E-state index in [4.69, 9.17) is 5.73 Å². The minimum absolute atomic E-state index is 0.377. The van der Waals surface area contributed by atoms with Crippen LogP contribution >= 0.6 is 11.8 Å². The van der Waals surface area contributed by atoms with E-state index >= 15 is 0 Å². The molecule has 0 aromatic carbocycles. The number of nitrogen functional groups attached to an aromatic ring is 1. The van der Waals surface area contributed by atoms with Crippen molar-refractivity contribution in [2.24, 2.45) is 0 Å². The number of nitrogens with one attached hydrogen (secondary N) is 1. The first-order chi connectivity index (χ1) is 8.26. The van der Waals surface area contributed by atoms with Crippen molar-refractivity contribution in [1.29, 1.82) is 0 Å². The van der Waals surface area contributed by atoms with Crippen LogP contribution < -0.4 is 11.1 Å². The SMILES string of the molecule is CSC1(CNc2ncccc2N)CCCCC1. The van der Waals surface area contributed by atoms with Gasteiger partial charge in [0.25, 0.3) is 0 Å². The molecule has 0 unspecified atom stereocenters. The maximum atomic E-state index is 5.89. The molecular formula is C13H21N3S. The number of hydrogen-bond donors (Lipinski definition) is 2. The standard InChI is InChI=1S/C13H21N3S/c1-17-13(7-3-2-4-8-13)10-16-12-11(14)6-5-9-15-12/h5-6,9H,2-4,7-8,10,14H2,1H3,(H,15,16). The van der Waals surface area contributed by atoms with Gasteiger partial charge in [-0.05, 0) is 31.2 Å². The quantitative estimate of drug-likeness (QED) is 0.863. The van der Waals surface area contributed by atoms with Gasteiger partial charge >= 0.3 is 0 Å². The summed E-state index contributed by atoms with van der Waals surface area (Å²) in [6.07, 6.45) is 10.7. The third kappa shape index (κ3) is 3.06. The zero-order valence-electron chi connectivity index (χ0n) is 10.4. The second kappa shape index (κ2) is 5.63. The van der Waals surface area contributed by atoms with E-state index in [1.54, 1.807) is 6.20 Å². The first-order valence-corrected chi connectivity index (χ1v) is 7.48. The summed E-state index contributed by atoms with van der Waals surface area (Å²) in [4.78, 5) is 4.28. The number of rotatable bonds is 4. The predicted octanol–water partition coefficient (Wildman–Crippen LogP) is 3.14. The van der Waals surface area contributed by atoms with Crippen LogP contribution in [-0.4, -0.2) is 22.5 Å². The number of hydrogen-bond acceptors (Lipinski definition) is 4. The summed E-state index contributed by atoms with van der Waals surface area (Å²) in [5.41, 5.74) is 6.62. The van der Waals surface area contributed by atoms with Crippen LogP contribution in [-0.2, 0) is 0 Å². The lowest BCUT2D eigenvalue weighted by Crippen LogP contribution is -2.35. The Labute approximate surface area is 108 Å². The van der Waals surface area contributed by atoms with Crippen LogP contribution in [0.2, 0.25) is 0 Å². The maximum Gasteiger partial charge on any atom is 0.149 e. The van der Waals surface area contributed by atoms with Crippen LogP contribution in [0.1, 0.15) is 32.1 Å². The molecule has 1 fully saturated rings. The Hall–Kier alpha value is -0.900. The molecule has 0 amide bonds. The number of pyridine rings is 1. The van der Waals surface area contributed by atoms with Crippen LogP contribution in [0.5, 0.6) is 0 Å². The summed E-state index contributed by atoms with van der Waals surface area (Å²) in [6.45, 7) is 0.968. The number of thioether (sulfide) groups is 1. The first kappa shape index (κ1) is 12.6. The van der Waals surface area contributed by atoms with Crippen molar-refractivity contribution in [3.05, 3.63) is 18.3 Å². The van der Waals surface area contributed by atoms with Gasteiger partial charge in [0.2, 0.25) is 0 Å². The van der Waals surface area contributed by atoms with Crippen molar-refractivity contribution in [2.75, 3.05) is 23.9 Å². The number of aromatic nitrogens is 1. The second-order valence-corrected chi connectivity index (χ2v) is 6.02. The van der Waals surface area contributed by atoms with Gasteiger partial charge in [-0.25, -0.2) is 4.98 Å². The lowest BCUT2D eigenvalue weighted by Gasteiger charge is -2.36. The van der Waals surface area contributed by atoms with Gasteiger partial charge in [0, 0.05) is 17.5 Å². The summed E-state index contributed by atoms with van der Waals surface area (Å²) >= 11 is 1.99. The molecule has 1 aliphatic carbocycles. The molecule has 3 N–H and O–H groups in total. The van der Waals surface area contributed by atoms with Crippen LogP contribution in [0.3, 0.4) is 0 Å². The molecule has 17 heavy (non-hydrogen) atoms. The fourth-order valence-electron chi connectivity index (χ4n) is 2.46. The van der Waals surface area contributed by atoms with Crippen molar-refractivity contribution in [1.82, 2.24) is 4.98 Å². The molecule has 0 aliphatic heterocycles. The third-order valence-corrected chi connectivity index (χ3v) is 5.03. The van der Waals surface area contributed by atoms with Gasteiger partial charge < -0.3 is 11.1 Å². The Kier molecular flexibility index (Phi) is 4.15. The van der Waals surface area contributed by atoms with Crippen molar-refractivity contribution in [2.45, 2.75) is 36.9 Å². The summed E-state index contributed by atoms with van der Waals surface area (Å²) in [7, 11) is 0. The van der Waals surface area contributed by atoms with Gasteiger partial charge in [0.1, 0.15) is 5.82 Å². The average molecular weight is 251 g/mol. The Morgan fingerprint density at radius 2 is 2.18 bits per heavy atom. The van der Waals surface area contributed by atoms with Crippen molar-refractivity contribution in [3.8, 4) is 0 Å². The Morgan fingerprint density at radius 1 is 1.41 bits per heavy atom. The molecule has 0 radical (unpaired) electrons. The van der Waals surface area contributed by atoms with Crippen molar-refractivity contribution in [3.63, 3.8) is 0 Å². The van der Waals surface area contributed by atoms with Crippen LogP contribution in [0.4, 0.5) is 11.5 Å². The maximum absolute atomic E-state index is 5.89. The number of nitrogens with zero attached hydrogens (tertiary/aromatic N) is 1. The molecule has 1 saturated carbocycles. The molecule has 0 saturated heterocycles. The molecule has 2 rings (SSSR count). The molecule has 1 aliphatic rings. The largest absolute Gasteiger partial charge is 0.396 e. The molecule has 1 aromatic rings. The van der Waals surface area contributed by atoms with Gasteiger partial charge in [0.15, 0.2) is 0 Å². The first-order valence-electron chi connectivity index (χ1n) is 6.25. The number of anilines is 2. The van der Waals surface area contributed by atoms with Gasteiger partial charge in [-0.15, -0.1) is 0 Å². The average Bonchev–Trinajstić information content (AvgIpc) is 2.39. The zero-order chi connectivity index (χ0) is 12.1. The highest BCUT2D eigenvalue weighted by molar-refractivity contribution is 8.00. The van der Waals surface area contributed by atoms with E-state index in [1.807, 2.05) is 23.9 Å². The highest BCUT2D eigenvalue weighted by Crippen LogP contribution is 2.38. The van der Waals surface area contributed by atoms with Gasteiger partial charge in [0.05, 0.1) is 5.69 Å². The molecule has 1 aromatic heterocycles. The fraction of sp³-hybridized carbons (Fsp3) is 0.615. The fourth-order valence-corrected chi connectivity index (χ4v) is 3.37. The molecule has 94 valence electrons.